The highest BCUT2D eigenvalue weighted by Crippen LogP contribution is 2.24. The number of halogens is 1. The zero-order valence-electron chi connectivity index (χ0n) is 15.1. The van der Waals surface area contributed by atoms with E-state index >= 15 is 0 Å². The first-order valence-corrected chi connectivity index (χ1v) is 10.2. The largest absolute Gasteiger partial charge is 0.491 e. The fourth-order valence-corrected chi connectivity index (χ4v) is 3.87. The van der Waals surface area contributed by atoms with Crippen LogP contribution in [0.25, 0.3) is 10.8 Å². The van der Waals surface area contributed by atoms with E-state index in [1.165, 1.54) is 28.1 Å². The van der Waals surface area contributed by atoms with Gasteiger partial charge in [-0.05, 0) is 28.5 Å². The Morgan fingerprint density at radius 2 is 1.75 bits per heavy atom. The lowest BCUT2D eigenvalue weighted by atomic mass is 10.0. The van der Waals surface area contributed by atoms with E-state index < -0.39 is 0 Å². The molecule has 2 N–H and O–H groups in total. The second-order valence-corrected chi connectivity index (χ2v) is 7.68. The van der Waals surface area contributed by atoms with Crippen molar-refractivity contribution >= 4 is 34.1 Å². The van der Waals surface area contributed by atoms with Gasteiger partial charge in [-0.15, -0.1) is 10.2 Å². The molecule has 4 aromatic rings. The van der Waals surface area contributed by atoms with E-state index in [0.717, 1.165) is 5.82 Å². The van der Waals surface area contributed by atoms with Crippen molar-refractivity contribution in [1.29, 1.82) is 0 Å². The monoisotopic (exact) mass is 410 g/mol. The van der Waals surface area contributed by atoms with Crippen molar-refractivity contribution in [1.82, 2.24) is 14.9 Å². The van der Waals surface area contributed by atoms with E-state index in [-0.39, 0.29) is 0 Å². The van der Waals surface area contributed by atoms with Crippen LogP contribution in [0, 0.1) is 0 Å². The highest BCUT2D eigenvalue weighted by Gasteiger charge is 2.12. The van der Waals surface area contributed by atoms with Crippen molar-refractivity contribution in [3.8, 4) is 5.75 Å². The number of thioether (sulfide) groups is 1. The third-order valence-electron chi connectivity index (χ3n) is 4.37. The second-order valence-electron chi connectivity index (χ2n) is 6.21. The minimum atomic E-state index is 0.500. The van der Waals surface area contributed by atoms with Crippen LogP contribution in [0.4, 0.5) is 0 Å². The lowest BCUT2D eigenvalue weighted by Gasteiger charge is -2.08. The van der Waals surface area contributed by atoms with E-state index in [1.54, 1.807) is 10.7 Å². The zero-order valence-corrected chi connectivity index (χ0v) is 16.7. The first kappa shape index (κ1) is 18.7. The SMILES string of the molecule is Nn1c(Cc2cccc3ccccc23)nnc1SCCOc1ccccc1Cl. The molecular formula is C21H19ClN4OS. The number of aromatic nitrogens is 3. The average molecular weight is 411 g/mol. The second kappa shape index (κ2) is 8.54. The number of fused-ring (bicyclic) bond motifs is 1. The van der Waals surface area contributed by atoms with Crippen LogP contribution >= 0.6 is 23.4 Å². The molecule has 0 spiro atoms. The quantitative estimate of drug-likeness (QED) is 0.275. The third-order valence-corrected chi connectivity index (χ3v) is 5.59. The Hall–Kier alpha value is -2.70. The molecule has 0 aliphatic rings. The molecule has 0 amide bonds. The summed E-state index contributed by atoms with van der Waals surface area (Å²) < 4.78 is 7.26. The summed E-state index contributed by atoms with van der Waals surface area (Å²) in [6.45, 7) is 0.500. The molecule has 3 aromatic carbocycles. The number of ether oxygens (including phenoxy) is 1. The summed E-state index contributed by atoms with van der Waals surface area (Å²) in [7, 11) is 0. The number of nitrogens with two attached hydrogens (primary N) is 1. The Morgan fingerprint density at radius 1 is 0.964 bits per heavy atom. The summed E-state index contributed by atoms with van der Waals surface area (Å²) in [6, 6.07) is 22.0. The normalized spacial score (nSPS) is 11.0. The van der Waals surface area contributed by atoms with E-state index in [4.69, 9.17) is 22.2 Å². The fraction of sp³-hybridized carbons (Fsp3) is 0.143. The van der Waals surface area contributed by atoms with Crippen LogP contribution in [0.5, 0.6) is 5.75 Å². The Balaban J connectivity index is 1.39. The van der Waals surface area contributed by atoms with Crippen molar-refractivity contribution < 1.29 is 4.74 Å². The molecule has 4 rings (SSSR count). The average Bonchev–Trinajstić information content (AvgIpc) is 3.06. The zero-order chi connectivity index (χ0) is 19.3. The minimum absolute atomic E-state index is 0.500. The van der Waals surface area contributed by atoms with Crippen LogP contribution in [0.15, 0.2) is 71.9 Å². The van der Waals surface area contributed by atoms with Gasteiger partial charge in [0.2, 0.25) is 5.16 Å². The summed E-state index contributed by atoms with van der Waals surface area (Å²) in [5.74, 6) is 8.32. The van der Waals surface area contributed by atoms with Crippen molar-refractivity contribution in [2.24, 2.45) is 0 Å². The molecule has 28 heavy (non-hydrogen) atoms. The predicted octanol–water partition coefficient (Wildman–Crippen LogP) is 4.56. The third kappa shape index (κ3) is 4.08. The van der Waals surface area contributed by atoms with Crippen molar-refractivity contribution in [2.45, 2.75) is 11.6 Å². The number of nitrogen functional groups attached to an aromatic ring is 1. The van der Waals surface area contributed by atoms with Gasteiger partial charge in [-0.25, -0.2) is 4.68 Å². The molecular weight excluding hydrogens is 392 g/mol. The number of para-hydroxylation sites is 1. The van der Waals surface area contributed by atoms with Crippen LogP contribution in [-0.2, 0) is 6.42 Å². The maximum Gasteiger partial charge on any atom is 0.209 e. The lowest BCUT2D eigenvalue weighted by molar-refractivity contribution is 0.344. The lowest BCUT2D eigenvalue weighted by Crippen LogP contribution is -2.15. The molecule has 0 fully saturated rings. The molecule has 0 unspecified atom stereocenters. The minimum Gasteiger partial charge on any atom is -0.491 e. The summed E-state index contributed by atoms with van der Waals surface area (Å²) >= 11 is 7.59. The number of benzene rings is 3. The van der Waals surface area contributed by atoms with Gasteiger partial charge in [0.1, 0.15) is 5.75 Å². The summed E-state index contributed by atoms with van der Waals surface area (Å²) in [6.07, 6.45) is 0.627. The maximum atomic E-state index is 6.22. The van der Waals surface area contributed by atoms with Crippen molar-refractivity contribution in [3.05, 3.63) is 83.1 Å². The highest BCUT2D eigenvalue weighted by atomic mass is 35.5. The Morgan fingerprint density at radius 3 is 2.64 bits per heavy atom. The number of hydrogen-bond donors (Lipinski definition) is 1. The fourth-order valence-electron chi connectivity index (χ4n) is 2.99. The van der Waals surface area contributed by atoms with Gasteiger partial charge in [0.15, 0.2) is 5.82 Å². The molecule has 1 heterocycles. The van der Waals surface area contributed by atoms with Crippen LogP contribution in [0.2, 0.25) is 5.02 Å². The summed E-state index contributed by atoms with van der Waals surface area (Å²) in [4.78, 5) is 0. The van der Waals surface area contributed by atoms with Gasteiger partial charge in [-0.2, -0.15) is 0 Å². The summed E-state index contributed by atoms with van der Waals surface area (Å²) in [5.41, 5.74) is 1.18. The highest BCUT2D eigenvalue weighted by molar-refractivity contribution is 7.99. The first-order chi connectivity index (χ1) is 13.7. The van der Waals surface area contributed by atoms with E-state index in [1.807, 2.05) is 30.3 Å². The molecule has 0 aliphatic carbocycles. The number of hydrogen-bond acceptors (Lipinski definition) is 5. The molecule has 0 bridgehead atoms. The van der Waals surface area contributed by atoms with Gasteiger partial charge in [0, 0.05) is 12.2 Å². The summed E-state index contributed by atoms with van der Waals surface area (Å²) in [5, 5.41) is 12.2. The maximum absolute atomic E-state index is 6.22. The standard InChI is InChI=1S/C21H19ClN4OS/c22-18-10-3-4-11-19(18)27-12-13-28-21-25-24-20(26(21)23)14-16-8-5-7-15-6-1-2-9-17(15)16/h1-11H,12-14,23H2. The predicted molar refractivity (Wildman–Crippen MR) is 115 cm³/mol. The Kier molecular flexibility index (Phi) is 5.69. The molecule has 0 radical (unpaired) electrons. The van der Waals surface area contributed by atoms with E-state index in [2.05, 4.69) is 40.5 Å². The molecule has 142 valence electrons. The molecule has 0 saturated carbocycles. The molecule has 7 heteroatoms. The van der Waals surface area contributed by atoms with Crippen LogP contribution in [0.3, 0.4) is 0 Å². The van der Waals surface area contributed by atoms with Gasteiger partial charge < -0.3 is 10.6 Å². The topological polar surface area (TPSA) is 66.0 Å². The van der Waals surface area contributed by atoms with Crippen LogP contribution < -0.4 is 10.6 Å². The number of rotatable bonds is 7. The van der Waals surface area contributed by atoms with Crippen molar-refractivity contribution in [3.63, 3.8) is 0 Å². The van der Waals surface area contributed by atoms with Gasteiger partial charge >= 0.3 is 0 Å². The molecule has 5 nitrogen and oxygen atoms in total. The van der Waals surface area contributed by atoms with Gasteiger partial charge in [-0.3, -0.25) is 0 Å². The van der Waals surface area contributed by atoms with Gasteiger partial charge in [-0.1, -0.05) is 78.0 Å². The van der Waals surface area contributed by atoms with Crippen molar-refractivity contribution in [2.75, 3.05) is 18.2 Å². The van der Waals surface area contributed by atoms with Crippen LogP contribution in [-0.4, -0.2) is 27.2 Å². The van der Waals surface area contributed by atoms with Gasteiger partial charge in [0.05, 0.1) is 11.6 Å². The first-order valence-electron chi connectivity index (χ1n) is 8.88. The van der Waals surface area contributed by atoms with Gasteiger partial charge in [0.25, 0.3) is 0 Å². The smallest absolute Gasteiger partial charge is 0.209 e. The molecule has 0 saturated heterocycles. The molecule has 0 atom stereocenters. The number of nitrogens with zero attached hydrogens (tertiary/aromatic N) is 3. The van der Waals surface area contributed by atoms with E-state index in [9.17, 15) is 0 Å². The molecule has 1 aromatic heterocycles. The Bertz CT molecular complexity index is 1090. The van der Waals surface area contributed by atoms with E-state index in [0.29, 0.717) is 34.7 Å². The Labute approximate surface area is 172 Å². The molecule has 0 aliphatic heterocycles. The van der Waals surface area contributed by atoms with Crippen LogP contribution in [0.1, 0.15) is 11.4 Å².